The van der Waals surface area contributed by atoms with Crippen molar-refractivity contribution in [2.45, 2.75) is 12.3 Å². The van der Waals surface area contributed by atoms with Crippen molar-refractivity contribution in [3.63, 3.8) is 0 Å². The minimum absolute atomic E-state index is 0.119. The third kappa shape index (κ3) is 3.20. The molecule has 1 N–H and O–H groups in total. The normalized spacial score (nSPS) is 13.5. The van der Waals surface area contributed by atoms with Crippen LogP contribution in [-0.2, 0) is 6.18 Å². The first kappa shape index (κ1) is 12.4. The molecule has 88 valence electrons. The predicted octanol–water partition coefficient (Wildman–Crippen LogP) is 2.02. The summed E-state index contributed by atoms with van der Waals surface area (Å²) in [5.41, 5.74) is -1.06. The lowest BCUT2D eigenvalue weighted by molar-refractivity contribution is -0.491. The molecule has 0 aliphatic carbocycles. The third-order valence-corrected chi connectivity index (χ3v) is 1.92. The predicted molar refractivity (Wildman–Crippen MR) is 48.3 cm³/mol. The lowest BCUT2D eigenvalue weighted by Crippen LogP contribution is -2.13. The molecule has 1 aromatic rings. The summed E-state index contributed by atoms with van der Waals surface area (Å²) in [5.74, 6) is 0. The van der Waals surface area contributed by atoms with Crippen molar-refractivity contribution >= 4 is 0 Å². The Labute approximate surface area is 88.5 Å². The van der Waals surface area contributed by atoms with Crippen LogP contribution in [0.25, 0.3) is 0 Å². The highest BCUT2D eigenvalue weighted by molar-refractivity contribution is 5.27. The lowest BCUT2D eigenvalue weighted by atomic mass is 10.1. The topological polar surface area (TPSA) is 63.4 Å². The number of halogens is 3. The number of nitrogens with zero attached hydrogens (tertiary/aromatic N) is 1. The highest BCUT2D eigenvalue weighted by Crippen LogP contribution is 2.30. The molecule has 0 aromatic heterocycles. The number of aliphatic hydroxyl groups is 1. The van der Waals surface area contributed by atoms with Crippen LogP contribution in [0.4, 0.5) is 13.2 Å². The van der Waals surface area contributed by atoms with Gasteiger partial charge in [0, 0.05) is 4.92 Å². The molecule has 1 aromatic carbocycles. The van der Waals surface area contributed by atoms with Crippen molar-refractivity contribution in [2.24, 2.45) is 0 Å². The molecule has 0 aliphatic rings. The van der Waals surface area contributed by atoms with Gasteiger partial charge in [0.05, 0.1) is 5.56 Å². The summed E-state index contributed by atoms with van der Waals surface area (Å²) in [6.07, 6.45) is -6.05. The molecule has 7 heteroatoms. The minimum atomic E-state index is -4.52. The molecule has 4 nitrogen and oxygen atoms in total. The SMILES string of the molecule is O=[N+]([O-])C[C@H](O)c1cccc(C(F)(F)F)c1. The molecule has 0 heterocycles. The van der Waals surface area contributed by atoms with E-state index < -0.39 is 29.3 Å². The van der Waals surface area contributed by atoms with Gasteiger partial charge in [0.1, 0.15) is 6.10 Å². The van der Waals surface area contributed by atoms with E-state index in [1.807, 2.05) is 0 Å². The molecule has 0 spiro atoms. The van der Waals surface area contributed by atoms with Gasteiger partial charge >= 0.3 is 6.18 Å². The Morgan fingerprint density at radius 2 is 2.06 bits per heavy atom. The fourth-order valence-corrected chi connectivity index (χ4v) is 1.17. The molecule has 0 bridgehead atoms. The Bertz CT molecular complexity index is 392. The van der Waals surface area contributed by atoms with Gasteiger partial charge in [0.25, 0.3) is 0 Å². The summed E-state index contributed by atoms with van der Waals surface area (Å²) in [7, 11) is 0. The second-order valence-corrected chi connectivity index (χ2v) is 3.15. The van der Waals surface area contributed by atoms with Crippen LogP contribution < -0.4 is 0 Å². The molecule has 0 saturated heterocycles. The van der Waals surface area contributed by atoms with E-state index in [2.05, 4.69) is 0 Å². The monoisotopic (exact) mass is 235 g/mol. The Morgan fingerprint density at radius 3 is 2.56 bits per heavy atom. The fraction of sp³-hybridized carbons (Fsp3) is 0.333. The van der Waals surface area contributed by atoms with E-state index in [1.54, 1.807) is 0 Å². The van der Waals surface area contributed by atoms with E-state index in [4.69, 9.17) is 0 Å². The summed E-state index contributed by atoms with van der Waals surface area (Å²) in [4.78, 5) is 9.30. The summed E-state index contributed by atoms with van der Waals surface area (Å²) in [6.45, 7) is -0.818. The molecule has 16 heavy (non-hydrogen) atoms. The highest BCUT2D eigenvalue weighted by atomic mass is 19.4. The maximum absolute atomic E-state index is 12.3. The van der Waals surface area contributed by atoms with Crippen LogP contribution in [0, 0.1) is 10.1 Å². The van der Waals surface area contributed by atoms with E-state index in [0.717, 1.165) is 12.1 Å². The molecule has 0 fully saturated rings. The van der Waals surface area contributed by atoms with Crippen molar-refractivity contribution in [2.75, 3.05) is 6.54 Å². The van der Waals surface area contributed by atoms with Gasteiger partial charge in [0.15, 0.2) is 0 Å². The number of benzene rings is 1. The Hall–Kier alpha value is -1.63. The zero-order valence-electron chi connectivity index (χ0n) is 7.94. The van der Waals surface area contributed by atoms with Gasteiger partial charge in [-0.3, -0.25) is 10.1 Å². The highest BCUT2D eigenvalue weighted by Gasteiger charge is 2.31. The molecule has 0 aliphatic heterocycles. The van der Waals surface area contributed by atoms with Crippen LogP contribution in [0.2, 0.25) is 0 Å². The summed E-state index contributed by atoms with van der Waals surface area (Å²) >= 11 is 0. The molecule has 0 unspecified atom stereocenters. The summed E-state index contributed by atoms with van der Waals surface area (Å²) in [5, 5.41) is 19.4. The average Bonchev–Trinajstić information content (AvgIpc) is 2.15. The van der Waals surface area contributed by atoms with Crippen molar-refractivity contribution in [3.05, 3.63) is 45.5 Å². The van der Waals surface area contributed by atoms with Crippen LogP contribution in [0.15, 0.2) is 24.3 Å². The second kappa shape index (κ2) is 4.48. The van der Waals surface area contributed by atoms with E-state index in [1.165, 1.54) is 6.07 Å². The Kier molecular flexibility index (Phi) is 3.48. The van der Waals surface area contributed by atoms with Gasteiger partial charge in [-0.25, -0.2) is 0 Å². The number of hydrogen-bond donors (Lipinski definition) is 1. The zero-order valence-corrected chi connectivity index (χ0v) is 7.94. The first-order valence-corrected chi connectivity index (χ1v) is 4.27. The molecule has 1 rings (SSSR count). The molecule has 0 saturated carbocycles. The van der Waals surface area contributed by atoms with Crippen LogP contribution in [0.3, 0.4) is 0 Å². The second-order valence-electron chi connectivity index (χ2n) is 3.15. The zero-order chi connectivity index (χ0) is 12.3. The van der Waals surface area contributed by atoms with E-state index in [0.29, 0.717) is 6.07 Å². The van der Waals surface area contributed by atoms with Gasteiger partial charge in [-0.1, -0.05) is 12.1 Å². The van der Waals surface area contributed by atoms with E-state index >= 15 is 0 Å². The maximum Gasteiger partial charge on any atom is 0.416 e. The molecular weight excluding hydrogens is 227 g/mol. The number of nitro groups is 1. The fourth-order valence-electron chi connectivity index (χ4n) is 1.17. The van der Waals surface area contributed by atoms with Gasteiger partial charge in [-0.2, -0.15) is 13.2 Å². The quantitative estimate of drug-likeness (QED) is 0.643. The average molecular weight is 235 g/mol. The summed E-state index contributed by atoms with van der Waals surface area (Å²) in [6, 6.07) is 3.85. The first-order valence-electron chi connectivity index (χ1n) is 4.27. The molecule has 0 amide bonds. The lowest BCUT2D eigenvalue weighted by Gasteiger charge is -2.10. The van der Waals surface area contributed by atoms with Gasteiger partial charge in [-0.05, 0) is 17.7 Å². The first-order chi connectivity index (χ1) is 7.30. The van der Waals surface area contributed by atoms with Crippen LogP contribution in [-0.4, -0.2) is 16.6 Å². The number of alkyl halides is 3. The molecular formula is C9H8F3NO3. The van der Waals surface area contributed by atoms with Crippen molar-refractivity contribution in [1.82, 2.24) is 0 Å². The summed E-state index contributed by atoms with van der Waals surface area (Å²) < 4.78 is 36.8. The van der Waals surface area contributed by atoms with Gasteiger partial charge in [-0.15, -0.1) is 0 Å². The van der Waals surface area contributed by atoms with Crippen LogP contribution in [0.5, 0.6) is 0 Å². The number of rotatable bonds is 3. The van der Waals surface area contributed by atoms with Crippen LogP contribution >= 0.6 is 0 Å². The van der Waals surface area contributed by atoms with Crippen molar-refractivity contribution < 1.29 is 23.2 Å². The van der Waals surface area contributed by atoms with Crippen molar-refractivity contribution in [1.29, 1.82) is 0 Å². The van der Waals surface area contributed by atoms with Crippen molar-refractivity contribution in [3.8, 4) is 0 Å². The largest absolute Gasteiger partial charge is 0.416 e. The number of aliphatic hydroxyl groups excluding tert-OH is 1. The third-order valence-electron chi connectivity index (χ3n) is 1.92. The Morgan fingerprint density at radius 1 is 1.44 bits per heavy atom. The Balaban J connectivity index is 2.94. The standard InChI is InChI=1S/C9H8F3NO3/c10-9(11,12)7-3-1-2-6(4-7)8(14)5-13(15)16/h1-4,8,14H,5H2/t8-/m0/s1. The minimum Gasteiger partial charge on any atom is -0.382 e. The van der Waals surface area contributed by atoms with Gasteiger partial charge < -0.3 is 5.11 Å². The molecule has 0 radical (unpaired) electrons. The molecule has 1 atom stereocenters. The maximum atomic E-state index is 12.3. The van der Waals surface area contributed by atoms with Gasteiger partial charge in [0.2, 0.25) is 6.54 Å². The number of hydrogen-bond acceptors (Lipinski definition) is 3. The van der Waals surface area contributed by atoms with Crippen LogP contribution in [0.1, 0.15) is 17.2 Å². The van der Waals surface area contributed by atoms with E-state index in [-0.39, 0.29) is 5.56 Å². The van der Waals surface area contributed by atoms with E-state index in [9.17, 15) is 28.4 Å². The smallest absolute Gasteiger partial charge is 0.382 e.